The van der Waals surface area contributed by atoms with Crippen molar-refractivity contribution < 1.29 is 23.8 Å². The lowest BCUT2D eigenvalue weighted by atomic mass is 9.91. The molecule has 1 N–H and O–H groups in total. The van der Waals surface area contributed by atoms with Crippen molar-refractivity contribution >= 4 is 11.9 Å². The number of rotatable bonds is 5. The highest BCUT2D eigenvalue weighted by atomic mass is 16.6. The minimum atomic E-state index is -1.16. The van der Waals surface area contributed by atoms with E-state index in [1.165, 1.54) is 4.90 Å². The second kappa shape index (κ2) is 7.31. The highest BCUT2D eigenvalue weighted by Crippen LogP contribution is 2.36. The number of hydrogen-bond acceptors (Lipinski definition) is 5. The first-order valence-corrected chi connectivity index (χ1v) is 9.62. The fourth-order valence-corrected chi connectivity index (χ4v) is 3.72. The molecule has 152 valence electrons. The summed E-state index contributed by atoms with van der Waals surface area (Å²) in [6, 6.07) is 10.8. The van der Waals surface area contributed by atoms with Gasteiger partial charge < -0.3 is 19.5 Å². The van der Waals surface area contributed by atoms with Crippen LogP contribution in [-0.4, -0.2) is 43.2 Å². The van der Waals surface area contributed by atoms with Crippen LogP contribution in [-0.2, 0) is 10.3 Å². The number of benzene rings is 2. The van der Waals surface area contributed by atoms with Crippen molar-refractivity contribution in [3.8, 4) is 17.2 Å². The van der Waals surface area contributed by atoms with Crippen molar-refractivity contribution in [2.45, 2.75) is 26.3 Å². The number of aryl methyl sites for hydroxylation is 2. The summed E-state index contributed by atoms with van der Waals surface area (Å²) in [5, 5.41) is 2.81. The summed E-state index contributed by atoms with van der Waals surface area (Å²) in [5.41, 5.74) is 1.69. The van der Waals surface area contributed by atoms with Crippen LogP contribution < -0.4 is 19.5 Å². The lowest BCUT2D eigenvalue weighted by Gasteiger charge is -2.25. The quantitative estimate of drug-likeness (QED) is 0.787. The fraction of sp³-hybridized carbons (Fsp3) is 0.364. The van der Waals surface area contributed by atoms with E-state index in [2.05, 4.69) is 11.4 Å². The van der Waals surface area contributed by atoms with E-state index in [9.17, 15) is 9.59 Å². The minimum absolute atomic E-state index is 0.164. The first-order chi connectivity index (χ1) is 13.9. The van der Waals surface area contributed by atoms with Gasteiger partial charge in [-0.05, 0) is 61.7 Å². The molecule has 0 saturated carbocycles. The molecule has 2 aromatic carbocycles. The topological polar surface area (TPSA) is 77.1 Å². The second-order valence-corrected chi connectivity index (χ2v) is 7.54. The molecule has 2 aromatic rings. The van der Waals surface area contributed by atoms with Crippen LogP contribution in [0.5, 0.6) is 17.2 Å². The Labute approximate surface area is 169 Å². The SMILES string of the molecule is Cc1cc(C)cc(OCCN2C(=O)N[C@](C)(c3ccc4c(c3)OCCO4)C2=O)c1. The Morgan fingerprint density at radius 3 is 2.45 bits per heavy atom. The maximum Gasteiger partial charge on any atom is 0.325 e. The third-order valence-corrected chi connectivity index (χ3v) is 5.17. The smallest absolute Gasteiger partial charge is 0.325 e. The molecule has 3 amide bonds. The van der Waals surface area contributed by atoms with Crippen LogP contribution in [0.1, 0.15) is 23.6 Å². The van der Waals surface area contributed by atoms with Gasteiger partial charge in [-0.25, -0.2) is 4.79 Å². The number of nitrogens with one attached hydrogen (secondary N) is 1. The lowest BCUT2D eigenvalue weighted by molar-refractivity contribution is -0.131. The number of imide groups is 1. The van der Waals surface area contributed by atoms with E-state index in [1.807, 2.05) is 26.0 Å². The van der Waals surface area contributed by atoms with Crippen molar-refractivity contribution in [3.63, 3.8) is 0 Å². The van der Waals surface area contributed by atoms with Crippen LogP contribution in [0.25, 0.3) is 0 Å². The summed E-state index contributed by atoms with van der Waals surface area (Å²) in [7, 11) is 0. The summed E-state index contributed by atoms with van der Waals surface area (Å²) in [6.07, 6.45) is 0. The molecule has 0 unspecified atom stereocenters. The summed E-state index contributed by atoms with van der Waals surface area (Å²) >= 11 is 0. The number of nitrogens with zero attached hydrogens (tertiary/aromatic N) is 1. The van der Waals surface area contributed by atoms with Crippen LogP contribution in [0.2, 0.25) is 0 Å². The lowest BCUT2D eigenvalue weighted by Crippen LogP contribution is -2.41. The third kappa shape index (κ3) is 3.60. The highest BCUT2D eigenvalue weighted by Gasteiger charge is 2.49. The largest absolute Gasteiger partial charge is 0.492 e. The summed E-state index contributed by atoms with van der Waals surface area (Å²) in [4.78, 5) is 26.8. The number of urea groups is 1. The molecule has 7 nitrogen and oxygen atoms in total. The zero-order valence-electron chi connectivity index (χ0n) is 16.8. The normalized spacial score (nSPS) is 20.6. The Bertz CT molecular complexity index is 953. The molecule has 0 spiro atoms. The number of fused-ring (bicyclic) bond motifs is 1. The van der Waals surface area contributed by atoms with E-state index in [0.29, 0.717) is 30.3 Å². The zero-order valence-corrected chi connectivity index (χ0v) is 16.8. The van der Waals surface area contributed by atoms with Crippen molar-refractivity contribution in [3.05, 3.63) is 53.1 Å². The number of carbonyl (C=O) groups excluding carboxylic acids is 2. The predicted molar refractivity (Wildman–Crippen MR) is 106 cm³/mol. The molecule has 0 radical (unpaired) electrons. The van der Waals surface area contributed by atoms with Crippen LogP contribution in [0.15, 0.2) is 36.4 Å². The van der Waals surface area contributed by atoms with Gasteiger partial charge in [0.15, 0.2) is 11.5 Å². The molecule has 2 aliphatic heterocycles. The Hall–Kier alpha value is -3.22. The van der Waals surface area contributed by atoms with Gasteiger partial charge >= 0.3 is 6.03 Å². The Balaban J connectivity index is 1.46. The number of amides is 3. The van der Waals surface area contributed by atoms with E-state index in [-0.39, 0.29) is 19.1 Å². The van der Waals surface area contributed by atoms with Gasteiger partial charge in [0, 0.05) is 0 Å². The van der Waals surface area contributed by atoms with Gasteiger partial charge in [-0.15, -0.1) is 0 Å². The molecule has 7 heteroatoms. The van der Waals surface area contributed by atoms with Crippen LogP contribution in [0, 0.1) is 13.8 Å². The van der Waals surface area contributed by atoms with Crippen molar-refractivity contribution in [1.29, 1.82) is 0 Å². The maximum atomic E-state index is 13.1. The van der Waals surface area contributed by atoms with E-state index in [0.717, 1.165) is 16.9 Å². The molecule has 0 bridgehead atoms. The molecule has 4 rings (SSSR count). The highest BCUT2D eigenvalue weighted by molar-refractivity contribution is 6.07. The van der Waals surface area contributed by atoms with Gasteiger partial charge in [0.25, 0.3) is 5.91 Å². The Morgan fingerprint density at radius 2 is 1.72 bits per heavy atom. The van der Waals surface area contributed by atoms with E-state index < -0.39 is 11.6 Å². The van der Waals surface area contributed by atoms with E-state index >= 15 is 0 Å². The van der Waals surface area contributed by atoms with Gasteiger partial charge in [0.1, 0.15) is 31.1 Å². The summed E-state index contributed by atoms with van der Waals surface area (Å²) in [6.45, 7) is 7.02. The van der Waals surface area contributed by atoms with Gasteiger partial charge in [-0.1, -0.05) is 12.1 Å². The van der Waals surface area contributed by atoms with Crippen LogP contribution in [0.4, 0.5) is 4.79 Å². The number of hydrogen-bond donors (Lipinski definition) is 1. The summed E-state index contributed by atoms with van der Waals surface area (Å²) in [5.74, 6) is 1.63. The molecule has 1 atom stereocenters. The average Bonchev–Trinajstić information content (AvgIpc) is 2.91. The molecule has 2 heterocycles. The monoisotopic (exact) mass is 396 g/mol. The molecule has 1 fully saturated rings. The molecule has 1 saturated heterocycles. The molecular formula is C22H24N2O5. The molecular weight excluding hydrogens is 372 g/mol. The third-order valence-electron chi connectivity index (χ3n) is 5.17. The van der Waals surface area contributed by atoms with E-state index in [1.54, 1.807) is 25.1 Å². The van der Waals surface area contributed by atoms with Crippen molar-refractivity contribution in [2.75, 3.05) is 26.4 Å². The van der Waals surface area contributed by atoms with Gasteiger partial charge in [-0.3, -0.25) is 9.69 Å². The van der Waals surface area contributed by atoms with Crippen molar-refractivity contribution in [1.82, 2.24) is 10.2 Å². The van der Waals surface area contributed by atoms with Crippen LogP contribution in [0.3, 0.4) is 0 Å². The Morgan fingerprint density at radius 1 is 1.03 bits per heavy atom. The minimum Gasteiger partial charge on any atom is -0.492 e. The molecule has 29 heavy (non-hydrogen) atoms. The maximum absolute atomic E-state index is 13.1. The predicted octanol–water partition coefficient (Wildman–Crippen LogP) is 2.92. The molecule has 0 aliphatic carbocycles. The zero-order chi connectivity index (χ0) is 20.6. The van der Waals surface area contributed by atoms with Crippen molar-refractivity contribution in [2.24, 2.45) is 0 Å². The summed E-state index contributed by atoms with van der Waals surface area (Å²) < 4.78 is 16.9. The first kappa shape index (κ1) is 19.1. The average molecular weight is 396 g/mol. The Kier molecular flexibility index (Phi) is 4.82. The first-order valence-electron chi connectivity index (χ1n) is 9.62. The van der Waals surface area contributed by atoms with Gasteiger partial charge in [0.05, 0.1) is 6.54 Å². The number of carbonyl (C=O) groups is 2. The number of ether oxygens (including phenoxy) is 3. The fourth-order valence-electron chi connectivity index (χ4n) is 3.72. The van der Waals surface area contributed by atoms with Gasteiger partial charge in [-0.2, -0.15) is 0 Å². The molecule has 0 aromatic heterocycles. The standard InChI is InChI=1S/C22H24N2O5/c1-14-10-15(2)12-17(11-14)27-7-6-24-20(25)22(3,23-21(24)26)16-4-5-18-19(13-16)29-9-8-28-18/h4-5,10-13H,6-9H2,1-3H3,(H,23,26)/t22-/m1/s1. The second-order valence-electron chi connectivity index (χ2n) is 7.54. The van der Waals surface area contributed by atoms with Gasteiger partial charge in [0.2, 0.25) is 0 Å². The molecule has 2 aliphatic rings. The van der Waals surface area contributed by atoms with Crippen LogP contribution >= 0.6 is 0 Å². The van der Waals surface area contributed by atoms with E-state index in [4.69, 9.17) is 14.2 Å².